The molecule has 0 atom stereocenters. The van der Waals surface area contributed by atoms with Crippen molar-refractivity contribution in [1.29, 1.82) is 0 Å². The van der Waals surface area contributed by atoms with E-state index in [1.54, 1.807) is 19.3 Å². The van der Waals surface area contributed by atoms with Gasteiger partial charge in [-0.25, -0.2) is 9.79 Å². The van der Waals surface area contributed by atoms with Gasteiger partial charge in [0.2, 0.25) is 5.90 Å². The fraction of sp³-hybridized carbons (Fsp3) is 0.200. The van der Waals surface area contributed by atoms with Crippen molar-refractivity contribution in [3.05, 3.63) is 63.3 Å². The highest BCUT2D eigenvalue weighted by Gasteiger charge is 2.24. The first-order valence-electron chi connectivity index (χ1n) is 8.11. The van der Waals surface area contributed by atoms with Crippen molar-refractivity contribution in [3.8, 4) is 11.5 Å². The van der Waals surface area contributed by atoms with E-state index >= 15 is 0 Å². The maximum atomic E-state index is 12.2. The molecule has 1 aliphatic heterocycles. The number of methoxy groups -OCH3 is 1. The largest absolute Gasteiger partial charge is 0.492 e. The van der Waals surface area contributed by atoms with Gasteiger partial charge in [-0.05, 0) is 65.7 Å². The predicted molar refractivity (Wildman–Crippen MR) is 104 cm³/mol. The summed E-state index contributed by atoms with van der Waals surface area (Å²) in [5.74, 6) is 1.02. The smallest absolute Gasteiger partial charge is 0.363 e. The van der Waals surface area contributed by atoms with Gasteiger partial charge < -0.3 is 14.2 Å². The molecule has 0 fully saturated rings. The molecule has 0 unspecified atom stereocenters. The number of carbonyl (C=O) groups is 1. The number of esters is 1. The number of nitrogens with zero attached hydrogens (tertiary/aromatic N) is 1. The summed E-state index contributed by atoms with van der Waals surface area (Å²) in [5, 5.41) is 0. The molecule has 0 aromatic heterocycles. The second kappa shape index (κ2) is 7.74. The van der Waals surface area contributed by atoms with Gasteiger partial charge in [0.05, 0.1) is 18.2 Å². The molecule has 0 bridgehead atoms. The summed E-state index contributed by atoms with van der Waals surface area (Å²) in [6, 6.07) is 11.3. The lowest BCUT2D eigenvalue weighted by molar-refractivity contribution is -0.129. The van der Waals surface area contributed by atoms with E-state index in [-0.39, 0.29) is 5.70 Å². The van der Waals surface area contributed by atoms with E-state index in [2.05, 4.69) is 20.9 Å². The van der Waals surface area contributed by atoms with Crippen LogP contribution in [0.4, 0.5) is 0 Å². The Bertz CT molecular complexity index is 901. The van der Waals surface area contributed by atoms with Crippen LogP contribution in [0.1, 0.15) is 23.6 Å². The number of cyclic esters (lactones) is 1. The fourth-order valence-corrected chi connectivity index (χ4v) is 3.14. The highest BCUT2D eigenvalue weighted by Crippen LogP contribution is 2.37. The van der Waals surface area contributed by atoms with E-state index in [1.165, 1.54) is 0 Å². The lowest BCUT2D eigenvalue weighted by atomic mass is 10.1. The zero-order valence-electron chi connectivity index (χ0n) is 14.7. The number of ether oxygens (including phenoxy) is 3. The summed E-state index contributed by atoms with van der Waals surface area (Å²) >= 11 is 3.46. The van der Waals surface area contributed by atoms with Crippen LogP contribution >= 0.6 is 15.9 Å². The molecule has 0 N–H and O–H groups in total. The van der Waals surface area contributed by atoms with E-state index in [4.69, 9.17) is 14.2 Å². The highest BCUT2D eigenvalue weighted by atomic mass is 79.9. The van der Waals surface area contributed by atoms with Crippen LogP contribution in [-0.4, -0.2) is 25.6 Å². The molecule has 1 heterocycles. The van der Waals surface area contributed by atoms with E-state index in [0.717, 1.165) is 21.2 Å². The minimum absolute atomic E-state index is 0.236. The minimum Gasteiger partial charge on any atom is -0.492 e. The molecular formula is C20H18BrNO4. The van der Waals surface area contributed by atoms with Gasteiger partial charge >= 0.3 is 5.97 Å². The number of halogens is 1. The number of benzene rings is 2. The molecule has 2 aromatic carbocycles. The second-order valence-electron chi connectivity index (χ2n) is 5.67. The SMILES string of the molecule is CCOc1cc(/C=C2\N=C(c3ccc(C)cc3)OC2=O)cc(Br)c1OC. The van der Waals surface area contributed by atoms with Crippen molar-refractivity contribution < 1.29 is 19.0 Å². The first-order valence-corrected chi connectivity index (χ1v) is 8.91. The monoisotopic (exact) mass is 415 g/mol. The van der Waals surface area contributed by atoms with Crippen molar-refractivity contribution >= 4 is 33.9 Å². The standard InChI is InChI=1S/C20H18BrNO4/c1-4-25-17-11-13(9-15(21)18(17)24-3)10-16-20(23)26-19(22-16)14-7-5-12(2)6-8-14/h5-11H,4H2,1-3H3/b16-10-. The van der Waals surface area contributed by atoms with Crippen molar-refractivity contribution in [2.24, 2.45) is 4.99 Å². The average molecular weight is 416 g/mol. The molecule has 134 valence electrons. The molecular weight excluding hydrogens is 398 g/mol. The van der Waals surface area contributed by atoms with Crippen LogP contribution in [0.2, 0.25) is 0 Å². The maximum absolute atomic E-state index is 12.2. The van der Waals surface area contributed by atoms with E-state index in [1.807, 2.05) is 44.2 Å². The Hall–Kier alpha value is -2.60. The molecule has 2 aromatic rings. The lowest BCUT2D eigenvalue weighted by Crippen LogP contribution is -2.05. The van der Waals surface area contributed by atoms with Crippen molar-refractivity contribution in [3.63, 3.8) is 0 Å². The van der Waals surface area contributed by atoms with Crippen LogP contribution < -0.4 is 9.47 Å². The fourth-order valence-electron chi connectivity index (χ4n) is 2.52. The van der Waals surface area contributed by atoms with Crippen LogP contribution in [0.25, 0.3) is 6.08 Å². The van der Waals surface area contributed by atoms with Crippen LogP contribution in [-0.2, 0) is 9.53 Å². The van der Waals surface area contributed by atoms with Gasteiger partial charge in [-0.2, -0.15) is 0 Å². The molecule has 0 amide bonds. The third-order valence-corrected chi connectivity index (χ3v) is 4.35. The van der Waals surface area contributed by atoms with Crippen LogP contribution in [0.3, 0.4) is 0 Å². The Labute approximate surface area is 160 Å². The van der Waals surface area contributed by atoms with Crippen LogP contribution in [0.5, 0.6) is 11.5 Å². The van der Waals surface area contributed by atoms with Gasteiger partial charge in [-0.3, -0.25) is 0 Å². The average Bonchev–Trinajstić information content (AvgIpc) is 2.96. The topological polar surface area (TPSA) is 57.1 Å². The summed E-state index contributed by atoms with van der Waals surface area (Å²) in [4.78, 5) is 16.5. The van der Waals surface area contributed by atoms with Crippen molar-refractivity contribution in [2.75, 3.05) is 13.7 Å². The van der Waals surface area contributed by atoms with Crippen LogP contribution in [0, 0.1) is 6.92 Å². The molecule has 0 radical (unpaired) electrons. The molecule has 6 heteroatoms. The Morgan fingerprint density at radius 2 is 1.96 bits per heavy atom. The summed E-state index contributed by atoms with van der Waals surface area (Å²) in [7, 11) is 1.58. The molecule has 3 rings (SSSR count). The summed E-state index contributed by atoms with van der Waals surface area (Å²) in [6.45, 7) is 4.39. The number of hydrogen-bond acceptors (Lipinski definition) is 5. The Balaban J connectivity index is 1.96. The van der Waals surface area contributed by atoms with E-state index in [9.17, 15) is 4.79 Å². The number of aryl methyl sites for hydroxylation is 1. The first kappa shape index (κ1) is 18.2. The number of hydrogen-bond donors (Lipinski definition) is 0. The Kier molecular flexibility index (Phi) is 5.42. The molecule has 0 saturated heterocycles. The molecule has 0 spiro atoms. The van der Waals surface area contributed by atoms with E-state index < -0.39 is 5.97 Å². The molecule has 1 aliphatic rings. The molecule has 0 aliphatic carbocycles. The zero-order chi connectivity index (χ0) is 18.7. The zero-order valence-corrected chi connectivity index (χ0v) is 16.3. The Morgan fingerprint density at radius 3 is 2.62 bits per heavy atom. The number of aliphatic imine (C=N–C) groups is 1. The molecule has 5 nitrogen and oxygen atoms in total. The lowest BCUT2D eigenvalue weighted by Gasteiger charge is -2.12. The predicted octanol–water partition coefficient (Wildman–Crippen LogP) is 4.51. The summed E-state index contributed by atoms with van der Waals surface area (Å²) < 4.78 is 17.0. The normalized spacial score (nSPS) is 15.0. The van der Waals surface area contributed by atoms with Gasteiger partial charge in [0.25, 0.3) is 0 Å². The summed E-state index contributed by atoms with van der Waals surface area (Å²) in [6.07, 6.45) is 1.66. The summed E-state index contributed by atoms with van der Waals surface area (Å²) in [5.41, 5.74) is 2.88. The van der Waals surface area contributed by atoms with Crippen molar-refractivity contribution in [1.82, 2.24) is 0 Å². The third kappa shape index (κ3) is 3.80. The molecule has 26 heavy (non-hydrogen) atoms. The van der Waals surface area contributed by atoms with Crippen molar-refractivity contribution in [2.45, 2.75) is 13.8 Å². The minimum atomic E-state index is -0.481. The number of carbonyl (C=O) groups excluding carboxylic acids is 1. The highest BCUT2D eigenvalue weighted by molar-refractivity contribution is 9.10. The third-order valence-electron chi connectivity index (χ3n) is 3.76. The maximum Gasteiger partial charge on any atom is 0.363 e. The molecule has 0 saturated carbocycles. The van der Waals surface area contributed by atoms with Gasteiger partial charge in [-0.15, -0.1) is 0 Å². The second-order valence-corrected chi connectivity index (χ2v) is 6.52. The van der Waals surface area contributed by atoms with E-state index in [0.29, 0.717) is 24.0 Å². The first-order chi connectivity index (χ1) is 12.5. The van der Waals surface area contributed by atoms with Gasteiger partial charge in [0, 0.05) is 5.56 Å². The van der Waals surface area contributed by atoms with Crippen LogP contribution in [0.15, 0.2) is 51.6 Å². The van der Waals surface area contributed by atoms with Gasteiger partial charge in [0.15, 0.2) is 17.2 Å². The number of rotatable bonds is 5. The quantitative estimate of drug-likeness (QED) is 0.532. The van der Waals surface area contributed by atoms with Gasteiger partial charge in [0.1, 0.15) is 0 Å². The Morgan fingerprint density at radius 1 is 1.23 bits per heavy atom. The van der Waals surface area contributed by atoms with Gasteiger partial charge in [-0.1, -0.05) is 17.7 Å².